The van der Waals surface area contributed by atoms with Gasteiger partial charge in [0.15, 0.2) is 0 Å². The van der Waals surface area contributed by atoms with Crippen molar-refractivity contribution >= 4 is 23.4 Å². The van der Waals surface area contributed by atoms with E-state index in [0.717, 1.165) is 6.54 Å². The molecule has 0 aromatic heterocycles. The van der Waals surface area contributed by atoms with Gasteiger partial charge >= 0.3 is 0 Å². The van der Waals surface area contributed by atoms with Crippen molar-refractivity contribution in [3.05, 3.63) is 0 Å². The van der Waals surface area contributed by atoms with Crippen molar-refractivity contribution in [2.45, 2.75) is 25.6 Å². The van der Waals surface area contributed by atoms with E-state index in [4.69, 9.17) is 11.6 Å². The first kappa shape index (κ1) is 11.7. The minimum atomic E-state index is 0.375. The SMILES string of the molecule is CCSCCN1CCC(C)C(Cl)C1. The van der Waals surface area contributed by atoms with Crippen molar-refractivity contribution in [1.29, 1.82) is 0 Å². The zero-order valence-electron chi connectivity index (χ0n) is 8.63. The summed E-state index contributed by atoms with van der Waals surface area (Å²) in [6.45, 7) is 8.03. The van der Waals surface area contributed by atoms with Gasteiger partial charge in [0, 0.05) is 24.2 Å². The molecule has 0 radical (unpaired) electrons. The van der Waals surface area contributed by atoms with Crippen molar-refractivity contribution in [2.24, 2.45) is 5.92 Å². The van der Waals surface area contributed by atoms with Crippen LogP contribution in [0.5, 0.6) is 0 Å². The third-order valence-corrected chi connectivity index (χ3v) is 4.15. The lowest BCUT2D eigenvalue weighted by atomic mass is 9.99. The summed E-state index contributed by atoms with van der Waals surface area (Å²) in [7, 11) is 0. The van der Waals surface area contributed by atoms with Crippen LogP contribution in [-0.2, 0) is 0 Å². The summed E-state index contributed by atoms with van der Waals surface area (Å²) in [5.74, 6) is 3.19. The van der Waals surface area contributed by atoms with Crippen LogP contribution in [0.2, 0.25) is 0 Å². The molecule has 1 fully saturated rings. The molecule has 0 aromatic rings. The lowest BCUT2D eigenvalue weighted by Crippen LogP contribution is -2.41. The molecule has 2 unspecified atom stereocenters. The molecule has 78 valence electrons. The van der Waals surface area contributed by atoms with Crippen LogP contribution >= 0.6 is 23.4 Å². The van der Waals surface area contributed by atoms with Crippen LogP contribution < -0.4 is 0 Å². The van der Waals surface area contributed by atoms with Crippen molar-refractivity contribution in [1.82, 2.24) is 4.90 Å². The zero-order chi connectivity index (χ0) is 9.68. The molecule has 1 saturated heterocycles. The monoisotopic (exact) mass is 221 g/mol. The predicted octanol–water partition coefficient (Wildman–Crippen LogP) is 2.69. The second-order valence-electron chi connectivity index (χ2n) is 3.78. The number of thioether (sulfide) groups is 1. The van der Waals surface area contributed by atoms with Crippen molar-refractivity contribution in [3.63, 3.8) is 0 Å². The molecule has 3 heteroatoms. The standard InChI is InChI=1S/C10H20ClNS/c1-3-13-7-6-12-5-4-9(2)10(11)8-12/h9-10H,3-8H2,1-2H3. The van der Waals surface area contributed by atoms with Crippen LogP contribution in [0.4, 0.5) is 0 Å². The van der Waals surface area contributed by atoms with Gasteiger partial charge in [0.1, 0.15) is 0 Å². The molecular formula is C10H20ClNS. The lowest BCUT2D eigenvalue weighted by Gasteiger charge is -2.33. The van der Waals surface area contributed by atoms with Gasteiger partial charge in [-0.25, -0.2) is 0 Å². The molecule has 13 heavy (non-hydrogen) atoms. The summed E-state index contributed by atoms with van der Waals surface area (Å²) in [5.41, 5.74) is 0. The van der Waals surface area contributed by atoms with Gasteiger partial charge in [-0.1, -0.05) is 13.8 Å². The molecule has 0 amide bonds. The van der Waals surface area contributed by atoms with E-state index >= 15 is 0 Å². The maximum absolute atomic E-state index is 6.23. The third-order valence-electron chi connectivity index (χ3n) is 2.71. The Kier molecular flexibility index (Phi) is 5.52. The number of piperidine rings is 1. The van der Waals surface area contributed by atoms with E-state index in [1.165, 1.54) is 31.0 Å². The van der Waals surface area contributed by atoms with E-state index in [1.54, 1.807) is 0 Å². The highest BCUT2D eigenvalue weighted by Gasteiger charge is 2.23. The Balaban J connectivity index is 2.14. The Morgan fingerprint density at radius 2 is 2.31 bits per heavy atom. The molecule has 0 aromatic carbocycles. The van der Waals surface area contributed by atoms with E-state index in [1.807, 2.05) is 11.8 Å². The first-order chi connectivity index (χ1) is 6.24. The van der Waals surface area contributed by atoms with Gasteiger partial charge in [0.25, 0.3) is 0 Å². The minimum Gasteiger partial charge on any atom is -0.301 e. The van der Waals surface area contributed by atoms with Crippen molar-refractivity contribution in [3.8, 4) is 0 Å². The van der Waals surface area contributed by atoms with E-state index in [-0.39, 0.29) is 0 Å². The van der Waals surface area contributed by atoms with E-state index < -0.39 is 0 Å². The van der Waals surface area contributed by atoms with Crippen molar-refractivity contribution < 1.29 is 0 Å². The Bertz CT molecular complexity index is 143. The fourth-order valence-corrected chi connectivity index (χ4v) is 2.62. The van der Waals surface area contributed by atoms with Gasteiger partial charge in [0.2, 0.25) is 0 Å². The fraction of sp³-hybridized carbons (Fsp3) is 1.00. The Morgan fingerprint density at radius 3 is 2.92 bits per heavy atom. The molecule has 0 bridgehead atoms. The molecule has 0 N–H and O–H groups in total. The highest BCUT2D eigenvalue weighted by molar-refractivity contribution is 7.99. The third kappa shape index (κ3) is 4.09. The Hall–Kier alpha value is 0.600. The molecule has 2 atom stereocenters. The first-order valence-electron chi connectivity index (χ1n) is 5.18. The van der Waals surface area contributed by atoms with Gasteiger partial charge in [-0.3, -0.25) is 0 Å². The average Bonchev–Trinajstić information content (AvgIpc) is 2.12. The Labute approximate surface area is 91.2 Å². The number of nitrogens with zero attached hydrogens (tertiary/aromatic N) is 1. The number of alkyl halides is 1. The average molecular weight is 222 g/mol. The fourth-order valence-electron chi connectivity index (χ4n) is 1.63. The summed E-state index contributed by atoms with van der Waals surface area (Å²) in [4.78, 5) is 2.50. The van der Waals surface area contributed by atoms with Crippen LogP contribution in [0.1, 0.15) is 20.3 Å². The molecule has 1 rings (SSSR count). The van der Waals surface area contributed by atoms with Crippen LogP contribution in [0.25, 0.3) is 0 Å². The summed E-state index contributed by atoms with van der Waals surface area (Å²) < 4.78 is 0. The quantitative estimate of drug-likeness (QED) is 0.531. The predicted molar refractivity (Wildman–Crippen MR) is 62.9 cm³/mol. The largest absolute Gasteiger partial charge is 0.301 e. The molecule has 1 heterocycles. The van der Waals surface area contributed by atoms with E-state index in [9.17, 15) is 0 Å². The van der Waals surface area contributed by atoms with Gasteiger partial charge in [-0.15, -0.1) is 11.6 Å². The van der Waals surface area contributed by atoms with Gasteiger partial charge in [0.05, 0.1) is 0 Å². The van der Waals surface area contributed by atoms with Crippen LogP contribution in [0.15, 0.2) is 0 Å². The minimum absolute atomic E-state index is 0.375. The summed E-state index contributed by atoms with van der Waals surface area (Å²) in [6.07, 6.45) is 1.27. The lowest BCUT2D eigenvalue weighted by molar-refractivity contribution is 0.207. The van der Waals surface area contributed by atoms with Crippen molar-refractivity contribution in [2.75, 3.05) is 31.1 Å². The van der Waals surface area contributed by atoms with E-state index in [0.29, 0.717) is 11.3 Å². The molecule has 1 aliphatic rings. The van der Waals surface area contributed by atoms with E-state index in [2.05, 4.69) is 18.7 Å². The number of hydrogen-bond donors (Lipinski definition) is 0. The molecule has 1 aliphatic heterocycles. The van der Waals surface area contributed by atoms with Gasteiger partial charge < -0.3 is 4.90 Å². The number of likely N-dealkylation sites (tertiary alicyclic amines) is 1. The van der Waals surface area contributed by atoms with Gasteiger partial charge in [-0.2, -0.15) is 11.8 Å². The second kappa shape index (κ2) is 6.15. The highest BCUT2D eigenvalue weighted by atomic mass is 35.5. The maximum atomic E-state index is 6.23. The van der Waals surface area contributed by atoms with Crippen LogP contribution in [-0.4, -0.2) is 41.4 Å². The first-order valence-corrected chi connectivity index (χ1v) is 6.77. The van der Waals surface area contributed by atoms with Crippen LogP contribution in [0.3, 0.4) is 0 Å². The second-order valence-corrected chi connectivity index (χ2v) is 5.73. The number of halogens is 1. The normalized spacial score (nSPS) is 30.7. The molecule has 0 aliphatic carbocycles. The molecular weight excluding hydrogens is 202 g/mol. The summed E-state index contributed by atoms with van der Waals surface area (Å²) in [5, 5.41) is 0.375. The Morgan fingerprint density at radius 1 is 1.54 bits per heavy atom. The number of hydrogen-bond acceptors (Lipinski definition) is 2. The molecule has 1 nitrogen and oxygen atoms in total. The molecule has 0 spiro atoms. The summed E-state index contributed by atoms with van der Waals surface area (Å²) in [6, 6.07) is 0. The highest BCUT2D eigenvalue weighted by Crippen LogP contribution is 2.21. The summed E-state index contributed by atoms with van der Waals surface area (Å²) >= 11 is 8.25. The smallest absolute Gasteiger partial charge is 0.0489 e. The molecule has 0 saturated carbocycles. The van der Waals surface area contributed by atoms with Crippen LogP contribution in [0, 0.1) is 5.92 Å². The number of rotatable bonds is 4. The maximum Gasteiger partial charge on any atom is 0.0489 e. The topological polar surface area (TPSA) is 3.24 Å². The zero-order valence-corrected chi connectivity index (χ0v) is 10.2. The van der Waals surface area contributed by atoms with Gasteiger partial charge in [-0.05, 0) is 24.6 Å².